The third-order valence-corrected chi connectivity index (χ3v) is 14.1. The molecule has 0 unspecified atom stereocenters. The van der Waals surface area contributed by atoms with Gasteiger partial charge in [-0.05, 0) is 68.0 Å². The SMILES string of the molecule is C[Si]1(C)c2ccccc2-c2c(-c3nc(-c4ccccc4)nc(-c4c(-c5ccccc5)ccc5oc6ccccc6c45)n3)ccc(-c3ccccc3)c21. The Morgan fingerprint density at radius 2 is 0.962 bits per heavy atom. The van der Waals surface area contributed by atoms with Gasteiger partial charge in [-0.1, -0.05) is 153 Å². The largest absolute Gasteiger partial charge is 0.456 e. The molecular weight excluding hydrogens is 651 g/mol. The molecular formula is C47H33N3OSi. The van der Waals surface area contributed by atoms with Crippen LogP contribution in [0.2, 0.25) is 13.1 Å². The molecule has 0 saturated carbocycles. The summed E-state index contributed by atoms with van der Waals surface area (Å²) >= 11 is 0. The van der Waals surface area contributed by atoms with Gasteiger partial charge in [0.05, 0.1) is 0 Å². The molecule has 4 nitrogen and oxygen atoms in total. The lowest BCUT2D eigenvalue weighted by Gasteiger charge is -2.23. The van der Waals surface area contributed by atoms with Gasteiger partial charge in [0.15, 0.2) is 17.5 Å². The van der Waals surface area contributed by atoms with Gasteiger partial charge in [-0.25, -0.2) is 15.0 Å². The molecule has 0 aliphatic carbocycles. The molecule has 2 aromatic heterocycles. The second-order valence-electron chi connectivity index (χ2n) is 13.9. The molecule has 0 atom stereocenters. The van der Waals surface area contributed by atoms with Crippen molar-refractivity contribution in [3.63, 3.8) is 0 Å². The van der Waals surface area contributed by atoms with E-state index in [0.717, 1.165) is 49.8 Å². The summed E-state index contributed by atoms with van der Waals surface area (Å²) in [6, 6.07) is 57.4. The molecule has 0 N–H and O–H groups in total. The smallest absolute Gasteiger partial charge is 0.165 e. The van der Waals surface area contributed by atoms with E-state index in [9.17, 15) is 0 Å². The van der Waals surface area contributed by atoms with E-state index < -0.39 is 8.07 Å². The van der Waals surface area contributed by atoms with Crippen LogP contribution in [0.5, 0.6) is 0 Å². The highest BCUT2D eigenvalue weighted by atomic mass is 28.3. The van der Waals surface area contributed by atoms with Crippen LogP contribution in [0.1, 0.15) is 0 Å². The Morgan fingerprint density at radius 3 is 1.71 bits per heavy atom. The first kappa shape index (κ1) is 30.4. The minimum Gasteiger partial charge on any atom is -0.456 e. The molecule has 0 spiro atoms. The summed E-state index contributed by atoms with van der Waals surface area (Å²) in [5.74, 6) is 1.90. The predicted octanol–water partition coefficient (Wildman–Crippen LogP) is 10.9. The topological polar surface area (TPSA) is 51.8 Å². The molecule has 0 saturated heterocycles. The molecule has 0 fully saturated rings. The minimum absolute atomic E-state index is 0.614. The zero-order valence-electron chi connectivity index (χ0n) is 28.8. The zero-order valence-corrected chi connectivity index (χ0v) is 29.8. The Balaban J connectivity index is 1.32. The zero-order chi connectivity index (χ0) is 34.8. The van der Waals surface area contributed by atoms with Gasteiger partial charge in [0.1, 0.15) is 19.2 Å². The third kappa shape index (κ3) is 4.70. The van der Waals surface area contributed by atoms with Crippen molar-refractivity contribution in [3.8, 4) is 67.5 Å². The lowest BCUT2D eigenvalue weighted by molar-refractivity contribution is 0.669. The molecule has 52 heavy (non-hydrogen) atoms. The number of para-hydroxylation sites is 1. The van der Waals surface area contributed by atoms with Crippen molar-refractivity contribution >= 4 is 40.4 Å². The van der Waals surface area contributed by atoms with Gasteiger partial charge in [-0.2, -0.15) is 0 Å². The number of benzene rings is 7. The van der Waals surface area contributed by atoms with Crippen LogP contribution in [0.4, 0.5) is 0 Å². The van der Waals surface area contributed by atoms with E-state index in [2.05, 4.69) is 140 Å². The van der Waals surface area contributed by atoms with Crippen molar-refractivity contribution < 1.29 is 4.42 Å². The normalized spacial score (nSPS) is 13.0. The summed E-state index contributed by atoms with van der Waals surface area (Å²) in [7, 11) is -2.12. The number of furan rings is 1. The predicted molar refractivity (Wildman–Crippen MR) is 216 cm³/mol. The number of aromatic nitrogens is 3. The van der Waals surface area contributed by atoms with Gasteiger partial charge < -0.3 is 4.42 Å². The van der Waals surface area contributed by atoms with E-state index in [-0.39, 0.29) is 0 Å². The summed E-state index contributed by atoms with van der Waals surface area (Å²) < 4.78 is 6.45. The van der Waals surface area contributed by atoms with Crippen molar-refractivity contribution in [3.05, 3.63) is 164 Å². The van der Waals surface area contributed by atoms with Crippen LogP contribution >= 0.6 is 0 Å². The molecule has 10 rings (SSSR count). The molecule has 3 heterocycles. The van der Waals surface area contributed by atoms with Crippen molar-refractivity contribution in [1.29, 1.82) is 0 Å². The highest BCUT2D eigenvalue weighted by Crippen LogP contribution is 2.44. The minimum atomic E-state index is -2.12. The Hall–Kier alpha value is -6.43. The average molecular weight is 684 g/mol. The monoisotopic (exact) mass is 683 g/mol. The van der Waals surface area contributed by atoms with E-state index in [1.54, 1.807) is 0 Å². The van der Waals surface area contributed by atoms with Crippen molar-refractivity contribution in [1.82, 2.24) is 15.0 Å². The van der Waals surface area contributed by atoms with Gasteiger partial charge in [-0.3, -0.25) is 0 Å². The van der Waals surface area contributed by atoms with Crippen molar-refractivity contribution in [2.24, 2.45) is 0 Å². The van der Waals surface area contributed by atoms with E-state index in [1.807, 2.05) is 36.4 Å². The van der Waals surface area contributed by atoms with Gasteiger partial charge in [0, 0.05) is 27.5 Å². The van der Waals surface area contributed by atoms with Crippen LogP contribution in [0, 0.1) is 0 Å². The fraction of sp³-hybridized carbons (Fsp3) is 0.0426. The maximum Gasteiger partial charge on any atom is 0.165 e. The Kier molecular flexibility index (Phi) is 6.91. The molecule has 1 aliphatic heterocycles. The molecule has 0 amide bonds. The average Bonchev–Trinajstić information content (AvgIpc) is 3.70. The number of rotatable bonds is 5. The number of nitrogens with zero attached hydrogens (tertiary/aromatic N) is 3. The van der Waals surface area contributed by atoms with Crippen LogP contribution in [0.3, 0.4) is 0 Å². The number of fused-ring (bicyclic) bond motifs is 6. The lowest BCUT2D eigenvalue weighted by atomic mass is 9.93. The fourth-order valence-corrected chi connectivity index (χ4v) is 11.6. The van der Waals surface area contributed by atoms with E-state index in [4.69, 9.17) is 19.4 Å². The number of hydrogen-bond donors (Lipinski definition) is 0. The first-order chi connectivity index (χ1) is 25.6. The first-order valence-corrected chi connectivity index (χ1v) is 20.7. The van der Waals surface area contributed by atoms with Crippen LogP contribution in [0.25, 0.3) is 89.5 Å². The van der Waals surface area contributed by atoms with Gasteiger partial charge in [-0.15, -0.1) is 0 Å². The number of hydrogen-bond acceptors (Lipinski definition) is 4. The van der Waals surface area contributed by atoms with E-state index >= 15 is 0 Å². The Morgan fingerprint density at radius 1 is 0.404 bits per heavy atom. The second-order valence-corrected chi connectivity index (χ2v) is 18.2. The van der Waals surface area contributed by atoms with Crippen LogP contribution in [-0.4, -0.2) is 23.0 Å². The molecule has 0 radical (unpaired) electrons. The Labute approximate surface area is 303 Å². The van der Waals surface area contributed by atoms with E-state index in [1.165, 1.54) is 32.6 Å². The molecule has 1 aliphatic rings. The van der Waals surface area contributed by atoms with Crippen molar-refractivity contribution in [2.45, 2.75) is 13.1 Å². The van der Waals surface area contributed by atoms with Crippen LogP contribution in [0.15, 0.2) is 168 Å². The molecule has 5 heteroatoms. The fourth-order valence-electron chi connectivity index (χ4n) is 8.19. The standard InChI is InChI=1S/C47H33N3OSi/c1-52(2)40-25-15-13-23-36(40)41-37(27-26-34(44(41)52)31-18-8-4-9-19-31)46-48-45(32-20-10-5-11-21-32)49-47(50-46)43-33(30-16-6-3-7-17-30)28-29-39-42(43)35-22-12-14-24-38(35)51-39/h3-29H,1-2H3. The summed E-state index contributed by atoms with van der Waals surface area (Å²) in [5, 5.41) is 4.89. The highest BCUT2D eigenvalue weighted by molar-refractivity contribution is 7.04. The summed E-state index contributed by atoms with van der Waals surface area (Å²) in [6.45, 7) is 4.94. The van der Waals surface area contributed by atoms with E-state index in [0.29, 0.717) is 17.5 Å². The van der Waals surface area contributed by atoms with Crippen molar-refractivity contribution in [2.75, 3.05) is 0 Å². The second kappa shape index (κ2) is 11.8. The molecule has 0 bridgehead atoms. The molecule has 9 aromatic rings. The summed E-state index contributed by atoms with van der Waals surface area (Å²) in [4.78, 5) is 16.1. The van der Waals surface area contributed by atoms with Gasteiger partial charge >= 0.3 is 0 Å². The first-order valence-electron chi connectivity index (χ1n) is 17.7. The van der Waals surface area contributed by atoms with Crippen LogP contribution in [-0.2, 0) is 0 Å². The quantitative estimate of drug-likeness (QED) is 0.169. The molecule has 246 valence electrons. The maximum atomic E-state index is 6.45. The molecule has 7 aromatic carbocycles. The third-order valence-electron chi connectivity index (χ3n) is 10.5. The summed E-state index contributed by atoms with van der Waals surface area (Å²) in [5.41, 5.74) is 11.7. The van der Waals surface area contributed by atoms with Gasteiger partial charge in [0.2, 0.25) is 0 Å². The van der Waals surface area contributed by atoms with Crippen LogP contribution < -0.4 is 10.4 Å². The summed E-state index contributed by atoms with van der Waals surface area (Å²) in [6.07, 6.45) is 0. The highest BCUT2D eigenvalue weighted by Gasteiger charge is 2.41. The van der Waals surface area contributed by atoms with Gasteiger partial charge in [0.25, 0.3) is 0 Å². The lowest BCUT2D eigenvalue weighted by Crippen LogP contribution is -2.50. The Bertz CT molecular complexity index is 2810. The maximum absolute atomic E-state index is 6.45.